The highest BCUT2D eigenvalue weighted by Gasteiger charge is 1.93. The second-order valence-corrected chi connectivity index (χ2v) is 2.56. The molecule has 2 nitrogen and oxygen atoms in total. The Bertz CT molecular complexity index is 233. The lowest BCUT2D eigenvalue weighted by Gasteiger charge is -1.99. The molecule has 0 radical (unpaired) electrons. The van der Waals surface area contributed by atoms with Crippen LogP contribution in [0.3, 0.4) is 0 Å². The van der Waals surface area contributed by atoms with Crippen molar-refractivity contribution in [2.75, 3.05) is 0 Å². The first-order valence-electron chi connectivity index (χ1n) is 3.25. The summed E-state index contributed by atoms with van der Waals surface area (Å²) in [7, 11) is 1.97. The van der Waals surface area contributed by atoms with Crippen LogP contribution in [-0.2, 0) is 11.3 Å². The Hall–Kier alpha value is -0.880. The van der Waals surface area contributed by atoms with Crippen LogP contribution in [0.1, 0.15) is 5.56 Å². The van der Waals surface area contributed by atoms with Crippen LogP contribution in [-0.4, -0.2) is 5.71 Å². The number of rotatable bonds is 2. The number of carbonyl (C=O) groups is 1. The fourth-order valence-electron chi connectivity index (χ4n) is 0.729. The van der Waals surface area contributed by atoms with E-state index in [-0.39, 0.29) is 5.71 Å². The van der Waals surface area contributed by atoms with Gasteiger partial charge >= 0.3 is 5.71 Å². The van der Waals surface area contributed by atoms with Crippen LogP contribution in [0.2, 0.25) is 0 Å². The lowest BCUT2D eigenvalue weighted by atomic mass is 10.2. The first-order chi connectivity index (χ1) is 5.29. The summed E-state index contributed by atoms with van der Waals surface area (Å²) in [5, 5.41) is 0. The summed E-state index contributed by atoms with van der Waals surface area (Å²) in [6, 6.07) is 9.56. The molecule has 0 amide bonds. The van der Waals surface area contributed by atoms with Crippen molar-refractivity contribution in [2.45, 2.75) is 6.61 Å². The Morgan fingerprint density at radius 2 is 2.00 bits per heavy atom. The molecule has 0 heterocycles. The Morgan fingerprint density at radius 3 is 2.55 bits per heavy atom. The van der Waals surface area contributed by atoms with Crippen molar-refractivity contribution in [2.24, 2.45) is 0 Å². The highest BCUT2D eigenvalue weighted by atomic mass is 31.0. The van der Waals surface area contributed by atoms with Gasteiger partial charge in [0.25, 0.3) is 0 Å². The molecule has 1 atom stereocenters. The zero-order chi connectivity index (χ0) is 8.10. The van der Waals surface area contributed by atoms with Gasteiger partial charge in [0.2, 0.25) is 0 Å². The van der Waals surface area contributed by atoms with E-state index in [0.29, 0.717) is 6.61 Å². The Balaban J connectivity index is 2.45. The van der Waals surface area contributed by atoms with Gasteiger partial charge in [0.1, 0.15) is 6.61 Å². The van der Waals surface area contributed by atoms with E-state index >= 15 is 0 Å². The molecule has 58 valence electrons. The van der Waals surface area contributed by atoms with Crippen molar-refractivity contribution in [1.29, 1.82) is 0 Å². The van der Waals surface area contributed by atoms with Gasteiger partial charge in [0, 0.05) is 0 Å². The van der Waals surface area contributed by atoms with Crippen molar-refractivity contribution in [3.63, 3.8) is 0 Å². The number of carbonyl (C=O) groups excluding carboxylic acids is 1. The van der Waals surface area contributed by atoms with Crippen molar-refractivity contribution >= 4 is 15.0 Å². The van der Waals surface area contributed by atoms with E-state index in [1.165, 1.54) is 0 Å². The zero-order valence-electron chi connectivity index (χ0n) is 5.99. The maximum Gasteiger partial charge on any atom is 0.320 e. The second kappa shape index (κ2) is 4.09. The molecule has 0 saturated heterocycles. The molecule has 11 heavy (non-hydrogen) atoms. The smallest absolute Gasteiger partial charge is 0.320 e. The SMILES string of the molecule is O=C(P)OCc1ccccc1. The van der Waals surface area contributed by atoms with Crippen molar-refractivity contribution in [1.82, 2.24) is 0 Å². The monoisotopic (exact) mass is 168 g/mol. The van der Waals surface area contributed by atoms with Crippen LogP contribution < -0.4 is 0 Å². The third-order valence-electron chi connectivity index (χ3n) is 1.22. The molecular formula is C8H9O2P. The topological polar surface area (TPSA) is 26.3 Å². The molecule has 1 unspecified atom stereocenters. The molecule has 1 aromatic rings. The van der Waals surface area contributed by atoms with Gasteiger partial charge in [0.15, 0.2) is 0 Å². The Kier molecular flexibility index (Phi) is 3.06. The molecule has 3 heteroatoms. The minimum Gasteiger partial charge on any atom is -0.458 e. The van der Waals surface area contributed by atoms with E-state index in [1.54, 1.807) is 0 Å². The third-order valence-corrected chi connectivity index (χ3v) is 1.39. The number of hydrogen-bond donors (Lipinski definition) is 0. The lowest BCUT2D eigenvalue weighted by molar-refractivity contribution is 0.168. The van der Waals surface area contributed by atoms with Crippen LogP contribution in [0.25, 0.3) is 0 Å². The second-order valence-electron chi connectivity index (χ2n) is 2.09. The normalized spacial score (nSPS) is 9.18. The number of hydrogen-bond acceptors (Lipinski definition) is 2. The molecule has 0 aromatic heterocycles. The van der Waals surface area contributed by atoms with Gasteiger partial charge in [-0.15, -0.1) is 0 Å². The van der Waals surface area contributed by atoms with Gasteiger partial charge in [-0.25, -0.2) is 4.79 Å². The third kappa shape index (κ3) is 3.15. The summed E-state index contributed by atoms with van der Waals surface area (Å²) in [4.78, 5) is 10.4. The molecule has 1 aromatic carbocycles. The Labute approximate surface area is 67.8 Å². The molecule has 0 spiro atoms. The van der Waals surface area contributed by atoms with Crippen LogP contribution in [0.5, 0.6) is 0 Å². The van der Waals surface area contributed by atoms with Gasteiger partial charge in [-0.2, -0.15) is 0 Å². The molecule has 0 aliphatic carbocycles. The van der Waals surface area contributed by atoms with Crippen LogP contribution in [0, 0.1) is 0 Å². The molecule has 0 aliphatic rings. The summed E-state index contributed by atoms with van der Waals surface area (Å²) in [6.07, 6.45) is 0. The minimum absolute atomic E-state index is 0.325. The molecule has 0 fully saturated rings. The number of ether oxygens (including phenoxy) is 1. The molecule has 0 aliphatic heterocycles. The first-order valence-corrected chi connectivity index (χ1v) is 3.83. The predicted octanol–water partition coefficient (Wildman–Crippen LogP) is 2.20. The van der Waals surface area contributed by atoms with E-state index in [1.807, 2.05) is 39.6 Å². The predicted molar refractivity (Wildman–Crippen MR) is 46.3 cm³/mol. The molecule has 0 bridgehead atoms. The zero-order valence-corrected chi connectivity index (χ0v) is 7.14. The van der Waals surface area contributed by atoms with E-state index in [9.17, 15) is 4.79 Å². The number of benzene rings is 1. The van der Waals surface area contributed by atoms with E-state index in [4.69, 9.17) is 4.74 Å². The van der Waals surface area contributed by atoms with Gasteiger partial charge in [-0.05, 0) is 14.8 Å². The molecule has 1 rings (SSSR count). The summed E-state index contributed by atoms with van der Waals surface area (Å²) in [6.45, 7) is 0.350. The maximum atomic E-state index is 10.4. The summed E-state index contributed by atoms with van der Waals surface area (Å²) < 4.78 is 4.75. The molecule has 0 N–H and O–H groups in total. The van der Waals surface area contributed by atoms with Gasteiger partial charge in [-0.3, -0.25) is 0 Å². The van der Waals surface area contributed by atoms with E-state index < -0.39 is 0 Å². The van der Waals surface area contributed by atoms with Gasteiger partial charge in [-0.1, -0.05) is 30.3 Å². The fourth-order valence-corrected chi connectivity index (χ4v) is 0.812. The average Bonchev–Trinajstić information content (AvgIpc) is 2.03. The van der Waals surface area contributed by atoms with Crippen molar-refractivity contribution in [3.8, 4) is 0 Å². The minimum atomic E-state index is -0.325. The molecule has 0 saturated carbocycles. The van der Waals surface area contributed by atoms with Gasteiger partial charge in [0.05, 0.1) is 0 Å². The van der Waals surface area contributed by atoms with Crippen molar-refractivity contribution in [3.05, 3.63) is 35.9 Å². The highest BCUT2D eigenvalue weighted by Crippen LogP contribution is 2.02. The van der Waals surface area contributed by atoms with Gasteiger partial charge < -0.3 is 4.74 Å². The highest BCUT2D eigenvalue weighted by molar-refractivity contribution is 7.39. The summed E-state index contributed by atoms with van der Waals surface area (Å²) >= 11 is 0. The van der Waals surface area contributed by atoms with E-state index in [2.05, 4.69) is 0 Å². The first kappa shape index (κ1) is 8.22. The standard InChI is InChI=1S/C8H9O2P/c9-8(11)10-6-7-4-2-1-3-5-7/h1-5H,6,11H2. The summed E-state index contributed by atoms with van der Waals surface area (Å²) in [5.74, 6) is 0. The lowest BCUT2D eigenvalue weighted by Crippen LogP contribution is -1.93. The molecular weight excluding hydrogens is 159 g/mol. The quantitative estimate of drug-likeness (QED) is 0.632. The van der Waals surface area contributed by atoms with Crippen LogP contribution in [0.4, 0.5) is 4.79 Å². The average molecular weight is 168 g/mol. The van der Waals surface area contributed by atoms with Crippen LogP contribution >= 0.6 is 9.24 Å². The Morgan fingerprint density at radius 1 is 1.36 bits per heavy atom. The van der Waals surface area contributed by atoms with Crippen molar-refractivity contribution < 1.29 is 9.53 Å². The largest absolute Gasteiger partial charge is 0.458 e. The van der Waals surface area contributed by atoms with E-state index in [0.717, 1.165) is 5.56 Å². The fraction of sp³-hybridized carbons (Fsp3) is 0.125. The summed E-state index contributed by atoms with van der Waals surface area (Å²) in [5.41, 5.74) is 0.678. The van der Waals surface area contributed by atoms with Crippen LogP contribution in [0.15, 0.2) is 30.3 Å². The maximum absolute atomic E-state index is 10.4.